The van der Waals surface area contributed by atoms with E-state index in [9.17, 15) is 4.79 Å². The highest BCUT2D eigenvalue weighted by molar-refractivity contribution is 5.79. The zero-order valence-electron chi connectivity index (χ0n) is 14.4. The van der Waals surface area contributed by atoms with Crippen molar-refractivity contribution in [2.75, 3.05) is 6.61 Å². The topological polar surface area (TPSA) is 64.3 Å². The second kappa shape index (κ2) is 8.92. The van der Waals surface area contributed by atoms with Crippen molar-refractivity contribution in [1.82, 2.24) is 5.32 Å². The number of nitrogens with two attached hydrogens (primary N) is 1. The summed E-state index contributed by atoms with van der Waals surface area (Å²) in [6, 6.07) is 6.35. The maximum absolute atomic E-state index is 12.2. The van der Waals surface area contributed by atoms with E-state index in [0.29, 0.717) is 6.54 Å². The molecular weight excluding hydrogens is 288 g/mol. The molecule has 1 fully saturated rings. The van der Waals surface area contributed by atoms with Crippen molar-refractivity contribution in [1.29, 1.82) is 0 Å². The van der Waals surface area contributed by atoms with Crippen LogP contribution in [0.4, 0.5) is 0 Å². The molecule has 2 rings (SSSR count). The molecule has 1 aliphatic rings. The number of benzene rings is 1. The Morgan fingerprint density at radius 2 is 2.17 bits per heavy atom. The molecule has 0 saturated heterocycles. The predicted octanol–water partition coefficient (Wildman–Crippen LogP) is 3.31. The molecule has 1 saturated carbocycles. The van der Waals surface area contributed by atoms with Crippen LogP contribution in [0.2, 0.25) is 0 Å². The average molecular weight is 318 g/mol. The van der Waals surface area contributed by atoms with Gasteiger partial charge >= 0.3 is 0 Å². The molecule has 3 N–H and O–H groups in total. The third kappa shape index (κ3) is 5.54. The summed E-state index contributed by atoms with van der Waals surface area (Å²) in [5, 5.41) is 3.05. The van der Waals surface area contributed by atoms with Gasteiger partial charge in [-0.1, -0.05) is 31.9 Å². The van der Waals surface area contributed by atoms with Gasteiger partial charge in [-0.15, -0.1) is 0 Å². The van der Waals surface area contributed by atoms with E-state index in [1.807, 2.05) is 6.07 Å². The molecular formula is C19H30N2O2. The number of hydrogen-bond donors (Lipinski definition) is 2. The maximum Gasteiger partial charge on any atom is 0.223 e. The minimum absolute atomic E-state index is 0.0735. The molecule has 0 bridgehead atoms. The smallest absolute Gasteiger partial charge is 0.223 e. The number of rotatable bonds is 8. The number of ether oxygens (including phenoxy) is 1. The molecule has 1 amide bonds. The number of unbranched alkanes of at least 4 members (excludes halogenated alkanes) is 2. The van der Waals surface area contributed by atoms with Crippen molar-refractivity contribution in [2.45, 2.75) is 65.0 Å². The molecule has 0 radical (unpaired) electrons. The van der Waals surface area contributed by atoms with Crippen LogP contribution < -0.4 is 15.8 Å². The SMILES string of the molecule is CCCCCOc1cc(C)ccc1CNC(=O)C1CCC(N)C1. The fourth-order valence-corrected chi connectivity index (χ4v) is 3.06. The van der Waals surface area contributed by atoms with Crippen molar-refractivity contribution in [3.63, 3.8) is 0 Å². The lowest BCUT2D eigenvalue weighted by Crippen LogP contribution is -2.30. The van der Waals surface area contributed by atoms with Crippen molar-refractivity contribution in [3.8, 4) is 5.75 Å². The summed E-state index contributed by atoms with van der Waals surface area (Å²) < 4.78 is 5.92. The standard InChI is InChI=1S/C19H30N2O2/c1-3-4-5-10-23-18-11-14(2)6-7-16(18)13-21-19(22)15-8-9-17(20)12-15/h6-7,11,15,17H,3-5,8-10,12-13,20H2,1-2H3,(H,21,22). The van der Waals surface area contributed by atoms with Crippen LogP contribution >= 0.6 is 0 Å². The molecule has 4 nitrogen and oxygen atoms in total. The molecule has 4 heteroatoms. The first kappa shape index (κ1) is 17.8. The van der Waals surface area contributed by atoms with Gasteiger partial charge in [-0.05, 0) is 44.2 Å². The molecule has 128 valence electrons. The number of nitrogens with one attached hydrogen (secondary N) is 1. The van der Waals surface area contributed by atoms with Gasteiger partial charge in [0.05, 0.1) is 6.61 Å². The minimum Gasteiger partial charge on any atom is -0.493 e. The number of carbonyl (C=O) groups is 1. The van der Waals surface area contributed by atoms with Gasteiger partial charge in [0, 0.05) is 24.1 Å². The highest BCUT2D eigenvalue weighted by atomic mass is 16.5. The molecule has 2 atom stereocenters. The zero-order chi connectivity index (χ0) is 16.7. The molecule has 0 spiro atoms. The van der Waals surface area contributed by atoms with Gasteiger partial charge in [-0.3, -0.25) is 4.79 Å². The molecule has 2 unspecified atom stereocenters. The lowest BCUT2D eigenvalue weighted by molar-refractivity contribution is -0.125. The number of carbonyl (C=O) groups excluding carboxylic acids is 1. The number of aryl methyl sites for hydroxylation is 1. The Bertz CT molecular complexity index is 516. The highest BCUT2D eigenvalue weighted by Gasteiger charge is 2.27. The Morgan fingerprint density at radius 3 is 2.87 bits per heavy atom. The summed E-state index contributed by atoms with van der Waals surface area (Å²) in [6.07, 6.45) is 6.09. The lowest BCUT2D eigenvalue weighted by Gasteiger charge is -2.15. The second-order valence-electron chi connectivity index (χ2n) is 6.65. The average Bonchev–Trinajstić information content (AvgIpc) is 2.97. The summed E-state index contributed by atoms with van der Waals surface area (Å²) in [5.41, 5.74) is 8.11. The normalized spacial score (nSPS) is 20.5. The largest absolute Gasteiger partial charge is 0.493 e. The van der Waals surface area contributed by atoms with E-state index in [4.69, 9.17) is 10.5 Å². The Hall–Kier alpha value is -1.55. The quantitative estimate of drug-likeness (QED) is 0.723. The van der Waals surface area contributed by atoms with E-state index >= 15 is 0 Å². The van der Waals surface area contributed by atoms with Crippen LogP contribution in [0.1, 0.15) is 56.6 Å². The van der Waals surface area contributed by atoms with Crippen molar-refractivity contribution >= 4 is 5.91 Å². The van der Waals surface area contributed by atoms with Crippen LogP contribution in [0.25, 0.3) is 0 Å². The third-order valence-electron chi connectivity index (χ3n) is 4.53. The molecule has 0 aliphatic heterocycles. The van der Waals surface area contributed by atoms with Crippen LogP contribution in [0.3, 0.4) is 0 Å². The third-order valence-corrected chi connectivity index (χ3v) is 4.53. The van der Waals surface area contributed by atoms with Crippen LogP contribution in [0, 0.1) is 12.8 Å². The number of hydrogen-bond acceptors (Lipinski definition) is 3. The van der Waals surface area contributed by atoms with E-state index in [-0.39, 0.29) is 17.9 Å². The van der Waals surface area contributed by atoms with Crippen molar-refractivity contribution < 1.29 is 9.53 Å². The van der Waals surface area contributed by atoms with Gasteiger partial charge in [0.1, 0.15) is 5.75 Å². The van der Waals surface area contributed by atoms with Crippen LogP contribution in [0.15, 0.2) is 18.2 Å². The maximum atomic E-state index is 12.2. The Labute approximate surface area is 139 Å². The van der Waals surface area contributed by atoms with E-state index in [1.165, 1.54) is 18.4 Å². The van der Waals surface area contributed by atoms with Crippen LogP contribution in [0.5, 0.6) is 5.75 Å². The molecule has 1 aromatic carbocycles. The van der Waals surface area contributed by atoms with Gasteiger partial charge in [0.15, 0.2) is 0 Å². The van der Waals surface area contributed by atoms with E-state index in [1.54, 1.807) is 0 Å². The van der Waals surface area contributed by atoms with Crippen molar-refractivity contribution in [3.05, 3.63) is 29.3 Å². The molecule has 1 aromatic rings. The van der Waals surface area contributed by atoms with Crippen molar-refractivity contribution in [2.24, 2.45) is 11.7 Å². The molecule has 1 aliphatic carbocycles. The minimum atomic E-state index is 0.0735. The first-order chi connectivity index (χ1) is 11.1. The van der Waals surface area contributed by atoms with Gasteiger partial charge in [0.25, 0.3) is 0 Å². The van der Waals surface area contributed by atoms with Gasteiger partial charge < -0.3 is 15.8 Å². The zero-order valence-corrected chi connectivity index (χ0v) is 14.4. The predicted molar refractivity (Wildman–Crippen MR) is 93.4 cm³/mol. The second-order valence-corrected chi connectivity index (χ2v) is 6.65. The highest BCUT2D eigenvalue weighted by Crippen LogP contribution is 2.25. The number of amides is 1. The first-order valence-electron chi connectivity index (χ1n) is 8.85. The first-order valence-corrected chi connectivity index (χ1v) is 8.85. The molecule has 0 aromatic heterocycles. The summed E-state index contributed by atoms with van der Waals surface area (Å²) in [7, 11) is 0. The Morgan fingerprint density at radius 1 is 1.35 bits per heavy atom. The van der Waals surface area contributed by atoms with Crippen LogP contribution in [-0.2, 0) is 11.3 Å². The van der Waals surface area contributed by atoms with Gasteiger partial charge in [-0.2, -0.15) is 0 Å². The monoisotopic (exact) mass is 318 g/mol. The fraction of sp³-hybridized carbons (Fsp3) is 0.632. The summed E-state index contributed by atoms with van der Waals surface area (Å²) in [4.78, 5) is 12.2. The molecule has 23 heavy (non-hydrogen) atoms. The van der Waals surface area contributed by atoms with Gasteiger partial charge in [-0.25, -0.2) is 0 Å². The lowest BCUT2D eigenvalue weighted by atomic mass is 10.1. The summed E-state index contributed by atoms with van der Waals surface area (Å²) >= 11 is 0. The summed E-state index contributed by atoms with van der Waals surface area (Å²) in [5.74, 6) is 1.09. The van der Waals surface area contributed by atoms with E-state index in [2.05, 4.69) is 31.3 Å². The van der Waals surface area contributed by atoms with E-state index < -0.39 is 0 Å². The molecule has 0 heterocycles. The van der Waals surface area contributed by atoms with E-state index in [0.717, 1.165) is 43.6 Å². The Balaban J connectivity index is 1.89. The Kier molecular flexibility index (Phi) is 6.90. The van der Waals surface area contributed by atoms with Crippen LogP contribution in [-0.4, -0.2) is 18.6 Å². The summed E-state index contributed by atoms with van der Waals surface area (Å²) in [6.45, 7) is 5.49. The van der Waals surface area contributed by atoms with Gasteiger partial charge in [0.2, 0.25) is 5.91 Å². The fourth-order valence-electron chi connectivity index (χ4n) is 3.06.